The lowest BCUT2D eigenvalue weighted by Crippen LogP contribution is -2.39. The highest BCUT2D eigenvalue weighted by Gasteiger charge is 2.23. The highest BCUT2D eigenvalue weighted by atomic mass is 16.5. The second kappa shape index (κ2) is 9.78. The largest absolute Gasteiger partial charge is 0.497 e. The number of nitrogens with zero attached hydrogens (tertiary/aromatic N) is 2. The number of aryl methyl sites for hydroxylation is 1. The Morgan fingerprint density at radius 3 is 2.62 bits per heavy atom. The van der Waals surface area contributed by atoms with Gasteiger partial charge in [-0.2, -0.15) is 0 Å². The number of piperidine rings is 1. The molecule has 1 fully saturated rings. The van der Waals surface area contributed by atoms with Crippen molar-refractivity contribution in [2.75, 3.05) is 33.9 Å². The molecule has 158 valence electrons. The highest BCUT2D eigenvalue weighted by molar-refractivity contribution is 6.00. The number of benzene rings is 1. The van der Waals surface area contributed by atoms with Crippen molar-refractivity contribution in [2.24, 2.45) is 0 Å². The number of carbonyl (C=O) groups is 1. The summed E-state index contributed by atoms with van der Waals surface area (Å²) >= 11 is 0. The Hall–Kier alpha value is -2.54. The SMILES string of the molecule is COc1cc(OC)cc(-c2onc(C)c2C(=O)NCCCN2CCCCC2C)c1. The molecule has 2 aromatic rings. The first kappa shape index (κ1) is 21.2. The summed E-state index contributed by atoms with van der Waals surface area (Å²) < 4.78 is 16.1. The van der Waals surface area contributed by atoms with E-state index in [2.05, 4.69) is 22.3 Å². The Morgan fingerprint density at radius 1 is 1.24 bits per heavy atom. The fourth-order valence-corrected chi connectivity index (χ4v) is 3.83. The molecule has 0 spiro atoms. The smallest absolute Gasteiger partial charge is 0.257 e. The van der Waals surface area contributed by atoms with E-state index < -0.39 is 0 Å². The van der Waals surface area contributed by atoms with E-state index in [-0.39, 0.29) is 5.91 Å². The van der Waals surface area contributed by atoms with Crippen LogP contribution < -0.4 is 14.8 Å². The monoisotopic (exact) mass is 401 g/mol. The Morgan fingerprint density at radius 2 is 1.97 bits per heavy atom. The molecule has 0 bridgehead atoms. The first-order valence-corrected chi connectivity index (χ1v) is 10.3. The number of likely N-dealkylation sites (tertiary alicyclic amines) is 1. The topological polar surface area (TPSA) is 76.8 Å². The Labute approximate surface area is 172 Å². The minimum Gasteiger partial charge on any atom is -0.497 e. The molecular weight excluding hydrogens is 370 g/mol. The molecule has 3 rings (SSSR count). The average Bonchev–Trinajstić information content (AvgIpc) is 3.13. The van der Waals surface area contributed by atoms with Gasteiger partial charge in [0.15, 0.2) is 5.76 Å². The number of amides is 1. The van der Waals surface area contributed by atoms with Crippen molar-refractivity contribution in [3.8, 4) is 22.8 Å². The minimum atomic E-state index is -0.174. The average molecular weight is 402 g/mol. The van der Waals surface area contributed by atoms with E-state index in [0.717, 1.165) is 19.5 Å². The zero-order chi connectivity index (χ0) is 20.8. The molecule has 2 heterocycles. The molecule has 7 heteroatoms. The molecule has 0 radical (unpaired) electrons. The van der Waals surface area contributed by atoms with Crippen LogP contribution in [0.3, 0.4) is 0 Å². The zero-order valence-corrected chi connectivity index (χ0v) is 17.8. The zero-order valence-electron chi connectivity index (χ0n) is 17.8. The molecule has 1 aromatic carbocycles. The quantitative estimate of drug-likeness (QED) is 0.680. The van der Waals surface area contributed by atoms with Crippen molar-refractivity contribution in [3.63, 3.8) is 0 Å². The third kappa shape index (κ3) is 5.09. The molecule has 1 aliphatic rings. The summed E-state index contributed by atoms with van der Waals surface area (Å²) in [6.45, 7) is 6.83. The summed E-state index contributed by atoms with van der Waals surface area (Å²) in [7, 11) is 3.17. The van der Waals surface area contributed by atoms with Gasteiger partial charge in [-0.25, -0.2) is 0 Å². The lowest BCUT2D eigenvalue weighted by atomic mass is 10.0. The summed E-state index contributed by atoms with van der Waals surface area (Å²) in [4.78, 5) is 15.4. The highest BCUT2D eigenvalue weighted by Crippen LogP contribution is 2.33. The van der Waals surface area contributed by atoms with Crippen LogP contribution in [-0.4, -0.2) is 55.9 Å². The molecule has 7 nitrogen and oxygen atoms in total. The van der Waals surface area contributed by atoms with E-state index in [4.69, 9.17) is 14.0 Å². The van der Waals surface area contributed by atoms with E-state index in [0.29, 0.717) is 46.7 Å². The van der Waals surface area contributed by atoms with Crippen LogP contribution in [0.15, 0.2) is 22.7 Å². The second-order valence-electron chi connectivity index (χ2n) is 7.56. The number of aromatic nitrogens is 1. The number of hydrogen-bond donors (Lipinski definition) is 1. The molecule has 1 aliphatic heterocycles. The third-order valence-electron chi connectivity index (χ3n) is 5.55. The van der Waals surface area contributed by atoms with Crippen LogP contribution in [0.1, 0.15) is 48.7 Å². The first-order chi connectivity index (χ1) is 14.0. The van der Waals surface area contributed by atoms with Crippen molar-refractivity contribution in [3.05, 3.63) is 29.5 Å². The minimum absolute atomic E-state index is 0.174. The van der Waals surface area contributed by atoms with Gasteiger partial charge in [0.2, 0.25) is 0 Å². The number of ether oxygens (including phenoxy) is 2. The molecule has 1 atom stereocenters. The van der Waals surface area contributed by atoms with E-state index in [1.54, 1.807) is 39.3 Å². The van der Waals surface area contributed by atoms with Crippen molar-refractivity contribution in [1.82, 2.24) is 15.4 Å². The van der Waals surface area contributed by atoms with Gasteiger partial charge in [0.05, 0.1) is 19.9 Å². The van der Waals surface area contributed by atoms with Crippen LogP contribution in [0.2, 0.25) is 0 Å². The van der Waals surface area contributed by atoms with Gasteiger partial charge in [0, 0.05) is 30.8 Å². The van der Waals surface area contributed by atoms with Crippen LogP contribution in [0, 0.1) is 6.92 Å². The molecule has 0 aliphatic carbocycles. The Balaban J connectivity index is 1.67. The molecule has 1 saturated heterocycles. The van der Waals surface area contributed by atoms with Crippen LogP contribution in [0.5, 0.6) is 11.5 Å². The van der Waals surface area contributed by atoms with Crippen molar-refractivity contribution in [2.45, 2.75) is 45.6 Å². The van der Waals surface area contributed by atoms with E-state index >= 15 is 0 Å². The maximum Gasteiger partial charge on any atom is 0.257 e. The van der Waals surface area contributed by atoms with Crippen molar-refractivity contribution < 1.29 is 18.8 Å². The molecule has 1 aromatic heterocycles. The van der Waals surface area contributed by atoms with Crippen LogP contribution in [0.25, 0.3) is 11.3 Å². The van der Waals surface area contributed by atoms with Gasteiger partial charge in [0.1, 0.15) is 17.1 Å². The number of nitrogens with one attached hydrogen (secondary N) is 1. The normalized spacial score (nSPS) is 17.2. The summed E-state index contributed by atoms with van der Waals surface area (Å²) in [6.07, 6.45) is 4.77. The summed E-state index contributed by atoms with van der Waals surface area (Å²) in [5.74, 6) is 1.49. The lowest BCUT2D eigenvalue weighted by Gasteiger charge is -2.33. The standard InChI is InChI=1S/C22H31N3O4/c1-15-8-5-6-10-25(15)11-7-9-23-22(26)20-16(2)24-29-21(20)17-12-18(27-3)14-19(13-17)28-4/h12-15H,5-11H2,1-4H3,(H,23,26). The van der Waals surface area contributed by atoms with Crippen LogP contribution >= 0.6 is 0 Å². The fraction of sp³-hybridized carbons (Fsp3) is 0.545. The molecule has 1 unspecified atom stereocenters. The first-order valence-electron chi connectivity index (χ1n) is 10.3. The van der Waals surface area contributed by atoms with Gasteiger partial charge in [-0.05, 0) is 51.8 Å². The lowest BCUT2D eigenvalue weighted by molar-refractivity contribution is 0.0948. The number of carbonyl (C=O) groups excluding carboxylic acids is 1. The molecular formula is C22H31N3O4. The number of rotatable bonds is 8. The molecule has 0 saturated carbocycles. The van der Waals surface area contributed by atoms with Gasteiger partial charge in [0.25, 0.3) is 5.91 Å². The van der Waals surface area contributed by atoms with Crippen LogP contribution in [0.4, 0.5) is 0 Å². The fourth-order valence-electron chi connectivity index (χ4n) is 3.83. The molecule has 1 amide bonds. The van der Waals surface area contributed by atoms with Crippen LogP contribution in [-0.2, 0) is 0 Å². The summed E-state index contributed by atoms with van der Waals surface area (Å²) in [6, 6.07) is 6.01. The number of methoxy groups -OCH3 is 2. The Kier molecular flexibility index (Phi) is 7.14. The van der Waals surface area contributed by atoms with Gasteiger partial charge < -0.3 is 24.2 Å². The summed E-state index contributed by atoms with van der Waals surface area (Å²) in [5, 5.41) is 7.03. The van der Waals surface area contributed by atoms with Gasteiger partial charge in [-0.3, -0.25) is 4.79 Å². The van der Waals surface area contributed by atoms with Gasteiger partial charge in [-0.15, -0.1) is 0 Å². The summed E-state index contributed by atoms with van der Waals surface area (Å²) in [5.41, 5.74) is 1.70. The number of hydrogen-bond acceptors (Lipinski definition) is 6. The molecule has 29 heavy (non-hydrogen) atoms. The predicted molar refractivity (Wildman–Crippen MR) is 112 cm³/mol. The second-order valence-corrected chi connectivity index (χ2v) is 7.56. The maximum atomic E-state index is 12.9. The maximum absolute atomic E-state index is 12.9. The predicted octanol–water partition coefficient (Wildman–Crippen LogP) is 3.66. The van der Waals surface area contributed by atoms with Gasteiger partial charge >= 0.3 is 0 Å². The third-order valence-corrected chi connectivity index (χ3v) is 5.55. The van der Waals surface area contributed by atoms with Crippen molar-refractivity contribution in [1.29, 1.82) is 0 Å². The molecule has 1 N–H and O–H groups in total. The van der Waals surface area contributed by atoms with Crippen molar-refractivity contribution >= 4 is 5.91 Å². The Bertz CT molecular complexity index is 811. The van der Waals surface area contributed by atoms with E-state index in [1.165, 1.54) is 19.3 Å². The van der Waals surface area contributed by atoms with Gasteiger partial charge in [-0.1, -0.05) is 11.6 Å². The van der Waals surface area contributed by atoms with E-state index in [1.807, 2.05) is 0 Å². The van der Waals surface area contributed by atoms with E-state index in [9.17, 15) is 4.79 Å².